The molecule has 1 N–H and O–H groups in total. The monoisotopic (exact) mass is 263 g/mol. The van der Waals surface area contributed by atoms with E-state index < -0.39 is 24.8 Å². The van der Waals surface area contributed by atoms with E-state index in [0.29, 0.717) is 5.56 Å². The van der Waals surface area contributed by atoms with Crippen molar-refractivity contribution in [3.8, 4) is 0 Å². The number of carbonyl (C=O) groups excluding carboxylic acids is 1. The lowest BCUT2D eigenvalue weighted by Crippen LogP contribution is -2.33. The van der Waals surface area contributed by atoms with Crippen LogP contribution >= 0.6 is 0 Å². The molecule has 1 atom stereocenters. The second-order valence-electron chi connectivity index (χ2n) is 3.40. The first kappa shape index (κ1) is 14.5. The number of halogens is 3. The van der Waals surface area contributed by atoms with Crippen molar-refractivity contribution in [1.29, 1.82) is 0 Å². The van der Waals surface area contributed by atoms with E-state index in [4.69, 9.17) is 4.74 Å². The molecular formula is C11H12F3NO3. The fraction of sp³-hybridized carbons (Fsp3) is 0.364. The highest BCUT2D eigenvalue weighted by atomic mass is 19.4. The van der Waals surface area contributed by atoms with Crippen LogP contribution in [0.1, 0.15) is 11.7 Å². The molecule has 0 aromatic heterocycles. The molecule has 0 bridgehead atoms. The van der Waals surface area contributed by atoms with E-state index in [-0.39, 0.29) is 0 Å². The van der Waals surface area contributed by atoms with E-state index in [9.17, 15) is 18.0 Å². The van der Waals surface area contributed by atoms with Gasteiger partial charge in [-0.05, 0) is 5.56 Å². The molecule has 4 nitrogen and oxygen atoms in total. The minimum Gasteiger partial charge on any atom is -0.367 e. The molecule has 0 aliphatic heterocycles. The van der Waals surface area contributed by atoms with E-state index in [0.717, 1.165) is 0 Å². The van der Waals surface area contributed by atoms with Crippen molar-refractivity contribution < 1.29 is 27.5 Å². The van der Waals surface area contributed by atoms with Gasteiger partial charge in [-0.3, -0.25) is 9.63 Å². The second-order valence-corrected chi connectivity index (χ2v) is 3.40. The number of hydrogen-bond donors (Lipinski definition) is 1. The van der Waals surface area contributed by atoms with Gasteiger partial charge in [0, 0.05) is 7.11 Å². The van der Waals surface area contributed by atoms with Crippen LogP contribution in [0.4, 0.5) is 13.2 Å². The largest absolute Gasteiger partial charge is 0.414 e. The molecule has 1 unspecified atom stereocenters. The Kier molecular flexibility index (Phi) is 5.11. The fourth-order valence-electron chi connectivity index (χ4n) is 1.26. The lowest BCUT2D eigenvalue weighted by molar-refractivity contribution is -0.194. The molecule has 0 saturated heterocycles. The molecule has 0 spiro atoms. The molecule has 1 rings (SSSR count). The summed E-state index contributed by atoms with van der Waals surface area (Å²) >= 11 is 0. The highest BCUT2D eigenvalue weighted by Crippen LogP contribution is 2.17. The summed E-state index contributed by atoms with van der Waals surface area (Å²) in [6.45, 7) is -1.55. The van der Waals surface area contributed by atoms with Crippen molar-refractivity contribution in [2.24, 2.45) is 0 Å². The van der Waals surface area contributed by atoms with E-state index in [1.54, 1.807) is 35.8 Å². The Morgan fingerprint density at radius 1 is 1.33 bits per heavy atom. The zero-order valence-electron chi connectivity index (χ0n) is 9.53. The average molecular weight is 263 g/mol. The van der Waals surface area contributed by atoms with Crippen LogP contribution in [0.5, 0.6) is 0 Å². The number of rotatable bonds is 5. The van der Waals surface area contributed by atoms with Crippen LogP contribution < -0.4 is 5.48 Å². The molecule has 0 saturated carbocycles. The molecular weight excluding hydrogens is 251 g/mol. The van der Waals surface area contributed by atoms with Gasteiger partial charge in [-0.15, -0.1) is 0 Å². The topological polar surface area (TPSA) is 47.6 Å². The van der Waals surface area contributed by atoms with E-state index >= 15 is 0 Å². The van der Waals surface area contributed by atoms with Crippen molar-refractivity contribution >= 4 is 5.91 Å². The van der Waals surface area contributed by atoms with Crippen molar-refractivity contribution in [2.75, 3.05) is 13.7 Å². The van der Waals surface area contributed by atoms with Crippen LogP contribution in [0.3, 0.4) is 0 Å². The van der Waals surface area contributed by atoms with Gasteiger partial charge in [0.05, 0.1) is 0 Å². The SMILES string of the molecule is COC(C(=O)NOCC(F)(F)F)c1ccccc1. The minimum absolute atomic E-state index is 0.521. The fourth-order valence-corrected chi connectivity index (χ4v) is 1.26. The number of hydroxylamine groups is 1. The first-order valence-corrected chi connectivity index (χ1v) is 5.00. The molecule has 1 amide bonds. The highest BCUT2D eigenvalue weighted by molar-refractivity contribution is 5.81. The first-order chi connectivity index (χ1) is 8.44. The van der Waals surface area contributed by atoms with Crippen molar-refractivity contribution in [3.63, 3.8) is 0 Å². The van der Waals surface area contributed by atoms with Gasteiger partial charge in [-0.2, -0.15) is 13.2 Å². The zero-order valence-corrected chi connectivity index (χ0v) is 9.53. The molecule has 100 valence electrons. The van der Waals surface area contributed by atoms with Gasteiger partial charge in [-0.1, -0.05) is 30.3 Å². The summed E-state index contributed by atoms with van der Waals surface area (Å²) in [6, 6.07) is 8.36. The maximum atomic E-state index is 11.8. The lowest BCUT2D eigenvalue weighted by Gasteiger charge is -2.15. The van der Waals surface area contributed by atoms with Crippen LogP contribution in [0.25, 0.3) is 0 Å². The molecule has 0 radical (unpaired) electrons. The number of hydrogen-bond acceptors (Lipinski definition) is 3. The highest BCUT2D eigenvalue weighted by Gasteiger charge is 2.29. The molecule has 0 fully saturated rings. The van der Waals surface area contributed by atoms with Gasteiger partial charge in [0.25, 0.3) is 5.91 Å². The van der Waals surface area contributed by atoms with Gasteiger partial charge in [-0.25, -0.2) is 5.48 Å². The maximum Gasteiger partial charge on any atom is 0.414 e. The Labute approximate surface area is 102 Å². The molecule has 0 aliphatic carbocycles. The van der Waals surface area contributed by atoms with Crippen LogP contribution in [0.2, 0.25) is 0 Å². The van der Waals surface area contributed by atoms with Crippen LogP contribution in [0.15, 0.2) is 30.3 Å². The number of methoxy groups -OCH3 is 1. The Balaban J connectivity index is 2.54. The summed E-state index contributed by atoms with van der Waals surface area (Å²) in [7, 11) is 1.28. The van der Waals surface area contributed by atoms with E-state index in [1.807, 2.05) is 0 Å². The van der Waals surface area contributed by atoms with Gasteiger partial charge >= 0.3 is 6.18 Å². The standard InChI is InChI=1S/C11H12F3NO3/c1-17-9(8-5-3-2-4-6-8)10(16)15-18-7-11(12,13)14/h2-6,9H,7H2,1H3,(H,15,16). The Morgan fingerprint density at radius 3 is 2.44 bits per heavy atom. The number of nitrogens with one attached hydrogen (secondary N) is 1. The molecule has 1 aromatic carbocycles. The van der Waals surface area contributed by atoms with E-state index in [1.165, 1.54) is 7.11 Å². The third-order valence-electron chi connectivity index (χ3n) is 1.98. The first-order valence-electron chi connectivity index (χ1n) is 5.00. The van der Waals surface area contributed by atoms with Gasteiger partial charge in [0.1, 0.15) is 0 Å². The van der Waals surface area contributed by atoms with Gasteiger partial charge in [0.2, 0.25) is 0 Å². The van der Waals surface area contributed by atoms with Gasteiger partial charge in [0.15, 0.2) is 12.7 Å². The van der Waals surface area contributed by atoms with Crippen molar-refractivity contribution in [3.05, 3.63) is 35.9 Å². The van der Waals surface area contributed by atoms with Gasteiger partial charge < -0.3 is 4.74 Å². The summed E-state index contributed by atoms with van der Waals surface area (Å²) in [5.74, 6) is -0.798. The Hall–Kier alpha value is -1.60. The summed E-state index contributed by atoms with van der Waals surface area (Å²) < 4.78 is 40.3. The quantitative estimate of drug-likeness (QED) is 0.826. The predicted octanol–water partition coefficient (Wildman–Crippen LogP) is 1.98. The van der Waals surface area contributed by atoms with Crippen LogP contribution in [-0.2, 0) is 14.4 Å². The molecule has 1 aromatic rings. The molecule has 0 aliphatic rings. The summed E-state index contributed by atoms with van der Waals surface area (Å²) in [5, 5.41) is 0. The summed E-state index contributed by atoms with van der Waals surface area (Å²) in [5.41, 5.74) is 2.23. The predicted molar refractivity (Wildman–Crippen MR) is 56.3 cm³/mol. The number of amides is 1. The van der Waals surface area contributed by atoms with Crippen LogP contribution in [0, 0.1) is 0 Å². The second kappa shape index (κ2) is 6.36. The summed E-state index contributed by atoms with van der Waals surface area (Å²) in [6.07, 6.45) is -5.51. The minimum atomic E-state index is -4.50. The molecule has 0 heterocycles. The molecule has 18 heavy (non-hydrogen) atoms. The normalized spacial score (nSPS) is 13.1. The summed E-state index contributed by atoms with van der Waals surface area (Å²) in [4.78, 5) is 15.6. The Bertz CT molecular complexity index is 381. The molecule has 7 heteroatoms. The van der Waals surface area contributed by atoms with Crippen molar-refractivity contribution in [2.45, 2.75) is 12.3 Å². The Morgan fingerprint density at radius 2 is 1.94 bits per heavy atom. The van der Waals surface area contributed by atoms with Crippen LogP contribution in [-0.4, -0.2) is 25.8 Å². The third kappa shape index (κ3) is 4.72. The third-order valence-corrected chi connectivity index (χ3v) is 1.98. The lowest BCUT2D eigenvalue weighted by atomic mass is 10.1. The average Bonchev–Trinajstić information content (AvgIpc) is 2.29. The maximum absolute atomic E-state index is 11.8. The smallest absolute Gasteiger partial charge is 0.367 e. The zero-order chi connectivity index (χ0) is 13.6. The number of ether oxygens (including phenoxy) is 1. The number of benzene rings is 1. The van der Waals surface area contributed by atoms with Crippen molar-refractivity contribution in [1.82, 2.24) is 5.48 Å². The van der Waals surface area contributed by atoms with E-state index in [2.05, 4.69) is 4.84 Å². The number of alkyl halides is 3. The number of carbonyl (C=O) groups is 1.